The first kappa shape index (κ1) is 26.2. The number of carbonyl (C=O) groups excluding carboxylic acids is 2. The van der Waals surface area contributed by atoms with E-state index in [2.05, 4.69) is 20.6 Å². The Morgan fingerprint density at radius 3 is 2.41 bits per heavy atom. The number of aryl methyl sites for hydroxylation is 1. The third-order valence-electron chi connectivity index (χ3n) is 6.16. The Morgan fingerprint density at radius 1 is 1.08 bits per heavy atom. The van der Waals surface area contributed by atoms with Gasteiger partial charge in [0.1, 0.15) is 11.6 Å². The number of alkyl halides is 3. The van der Waals surface area contributed by atoms with Crippen LogP contribution in [0.4, 0.5) is 28.9 Å². The zero-order valence-electron chi connectivity index (χ0n) is 19.9. The fourth-order valence-corrected chi connectivity index (χ4v) is 4.04. The molecule has 2 N–H and O–H groups in total. The third kappa shape index (κ3) is 6.29. The van der Waals surface area contributed by atoms with E-state index in [1.54, 1.807) is 31.2 Å². The Bertz CT molecular complexity index is 1270. The van der Waals surface area contributed by atoms with Crippen LogP contribution in [0, 0.1) is 18.2 Å². The highest BCUT2D eigenvalue weighted by Crippen LogP contribution is 2.37. The molecule has 0 unspecified atom stereocenters. The van der Waals surface area contributed by atoms with Crippen molar-refractivity contribution in [1.29, 1.82) is 0 Å². The SMILES string of the molecule is Cc1ncc(C(=O)C[C@@]2(C(=O)NCc3ccc(Nc4ccc(F)cc4C(F)(F)F)cc3)CCOC2)cn1. The summed E-state index contributed by atoms with van der Waals surface area (Å²) in [6.45, 7) is 2.32. The highest BCUT2D eigenvalue weighted by Gasteiger charge is 2.44. The minimum Gasteiger partial charge on any atom is -0.380 e. The molecule has 37 heavy (non-hydrogen) atoms. The van der Waals surface area contributed by atoms with Crippen molar-refractivity contribution in [3.05, 3.63) is 83.2 Å². The first-order valence-electron chi connectivity index (χ1n) is 11.5. The summed E-state index contributed by atoms with van der Waals surface area (Å²) in [5, 5.41) is 5.49. The van der Waals surface area contributed by atoms with Crippen LogP contribution >= 0.6 is 0 Å². The first-order valence-corrected chi connectivity index (χ1v) is 11.5. The molecule has 1 aromatic heterocycles. The van der Waals surface area contributed by atoms with E-state index in [4.69, 9.17) is 4.74 Å². The lowest BCUT2D eigenvalue weighted by Gasteiger charge is -2.25. The second-order valence-corrected chi connectivity index (χ2v) is 8.89. The van der Waals surface area contributed by atoms with Crippen molar-refractivity contribution in [1.82, 2.24) is 15.3 Å². The predicted molar refractivity (Wildman–Crippen MR) is 127 cm³/mol. The minimum absolute atomic E-state index is 0.0483. The molecule has 0 bridgehead atoms. The number of amides is 1. The van der Waals surface area contributed by atoms with Crippen molar-refractivity contribution < 1.29 is 31.9 Å². The van der Waals surface area contributed by atoms with Gasteiger partial charge in [-0.3, -0.25) is 9.59 Å². The van der Waals surface area contributed by atoms with E-state index in [9.17, 15) is 27.2 Å². The molecule has 0 spiro atoms. The molecule has 0 aliphatic carbocycles. The van der Waals surface area contributed by atoms with E-state index >= 15 is 0 Å². The van der Waals surface area contributed by atoms with Gasteiger partial charge >= 0.3 is 6.18 Å². The number of ketones is 1. The summed E-state index contributed by atoms with van der Waals surface area (Å²) in [4.78, 5) is 33.9. The van der Waals surface area contributed by atoms with Gasteiger partial charge in [0.25, 0.3) is 0 Å². The quantitative estimate of drug-likeness (QED) is 0.324. The van der Waals surface area contributed by atoms with Gasteiger partial charge in [-0.25, -0.2) is 14.4 Å². The van der Waals surface area contributed by atoms with E-state index in [0.717, 1.165) is 12.1 Å². The minimum atomic E-state index is -4.72. The van der Waals surface area contributed by atoms with Crippen molar-refractivity contribution in [3.63, 3.8) is 0 Å². The zero-order chi connectivity index (χ0) is 26.6. The highest BCUT2D eigenvalue weighted by molar-refractivity contribution is 5.99. The second kappa shape index (κ2) is 10.6. The number of aromatic nitrogens is 2. The molecule has 1 aliphatic heterocycles. The van der Waals surface area contributed by atoms with Gasteiger partial charge in [-0.2, -0.15) is 13.2 Å². The van der Waals surface area contributed by atoms with Gasteiger partial charge in [-0.05, 0) is 49.2 Å². The standard InChI is InChI=1S/C26H24F4N4O3/c1-16-31-13-18(14-32-16)23(35)11-25(8-9-37-15-25)24(36)33-12-17-2-5-20(6-3-17)34-22-7-4-19(27)10-21(22)26(28,29)30/h2-7,10,13-14,34H,8-9,11-12,15H2,1H3,(H,33,36)/t25-/m0/s1. The van der Waals surface area contributed by atoms with Crippen molar-refractivity contribution >= 4 is 23.1 Å². The topological polar surface area (TPSA) is 93.2 Å². The first-order chi connectivity index (χ1) is 17.6. The Kier molecular flexibility index (Phi) is 7.53. The summed E-state index contributed by atoms with van der Waals surface area (Å²) >= 11 is 0. The molecule has 0 saturated carbocycles. The monoisotopic (exact) mass is 516 g/mol. The van der Waals surface area contributed by atoms with Crippen LogP contribution in [-0.2, 0) is 22.3 Å². The molecule has 2 aromatic carbocycles. The fraction of sp³-hybridized carbons (Fsp3) is 0.308. The summed E-state index contributed by atoms with van der Waals surface area (Å²) < 4.78 is 58.5. The van der Waals surface area contributed by atoms with Crippen LogP contribution in [0.1, 0.15) is 40.2 Å². The average Bonchev–Trinajstić information content (AvgIpc) is 3.34. The summed E-state index contributed by atoms with van der Waals surface area (Å²) in [5.74, 6) is -1.03. The van der Waals surface area contributed by atoms with Crippen molar-refractivity contribution in [2.45, 2.75) is 32.5 Å². The largest absolute Gasteiger partial charge is 0.418 e. The number of anilines is 2. The van der Waals surface area contributed by atoms with E-state index in [-0.39, 0.29) is 37.0 Å². The molecular formula is C26H24F4N4O3. The number of halogens is 4. The molecular weight excluding hydrogens is 492 g/mol. The molecule has 1 saturated heterocycles. The lowest BCUT2D eigenvalue weighted by Crippen LogP contribution is -2.42. The third-order valence-corrected chi connectivity index (χ3v) is 6.16. The molecule has 4 rings (SSSR count). The molecule has 11 heteroatoms. The fourth-order valence-electron chi connectivity index (χ4n) is 4.04. The molecule has 0 radical (unpaired) electrons. The number of hydrogen-bond donors (Lipinski definition) is 2. The lowest BCUT2D eigenvalue weighted by atomic mass is 9.80. The smallest absolute Gasteiger partial charge is 0.380 e. The Labute approximate surface area is 210 Å². The van der Waals surface area contributed by atoms with Crippen LogP contribution in [0.25, 0.3) is 0 Å². The predicted octanol–water partition coefficient (Wildman–Crippen LogP) is 4.98. The summed E-state index contributed by atoms with van der Waals surface area (Å²) in [6, 6.07) is 8.81. The number of carbonyl (C=O) groups is 2. The van der Waals surface area contributed by atoms with Gasteiger partial charge in [0.15, 0.2) is 5.78 Å². The lowest BCUT2D eigenvalue weighted by molar-refractivity contribution is -0.137. The molecule has 1 amide bonds. The summed E-state index contributed by atoms with van der Waals surface area (Å²) in [6.07, 6.45) is -1.51. The number of benzene rings is 2. The van der Waals surface area contributed by atoms with Gasteiger partial charge in [0, 0.05) is 37.7 Å². The molecule has 7 nitrogen and oxygen atoms in total. The summed E-state index contributed by atoms with van der Waals surface area (Å²) in [5.41, 5.74) is -1.02. The van der Waals surface area contributed by atoms with Crippen LogP contribution in [0.5, 0.6) is 0 Å². The van der Waals surface area contributed by atoms with E-state index in [0.29, 0.717) is 41.7 Å². The van der Waals surface area contributed by atoms with Gasteiger partial charge in [0.05, 0.1) is 28.8 Å². The van der Waals surface area contributed by atoms with Crippen molar-refractivity contribution in [2.75, 3.05) is 18.5 Å². The van der Waals surface area contributed by atoms with Gasteiger partial charge in [-0.15, -0.1) is 0 Å². The number of hydrogen-bond acceptors (Lipinski definition) is 6. The van der Waals surface area contributed by atoms with Crippen LogP contribution < -0.4 is 10.6 Å². The van der Waals surface area contributed by atoms with Crippen LogP contribution in [0.2, 0.25) is 0 Å². The van der Waals surface area contributed by atoms with E-state index in [1.165, 1.54) is 12.4 Å². The molecule has 194 valence electrons. The van der Waals surface area contributed by atoms with Crippen LogP contribution in [0.15, 0.2) is 54.9 Å². The number of nitrogens with zero attached hydrogens (tertiary/aromatic N) is 2. The maximum Gasteiger partial charge on any atom is 0.418 e. The number of nitrogens with one attached hydrogen (secondary N) is 2. The van der Waals surface area contributed by atoms with Crippen molar-refractivity contribution in [3.8, 4) is 0 Å². The highest BCUT2D eigenvalue weighted by atomic mass is 19.4. The molecule has 2 heterocycles. The maximum atomic E-state index is 13.3. The maximum absolute atomic E-state index is 13.3. The van der Waals surface area contributed by atoms with Crippen molar-refractivity contribution in [2.24, 2.45) is 5.41 Å². The zero-order valence-corrected chi connectivity index (χ0v) is 19.9. The van der Waals surface area contributed by atoms with Gasteiger partial charge in [-0.1, -0.05) is 12.1 Å². The summed E-state index contributed by atoms with van der Waals surface area (Å²) in [7, 11) is 0. The van der Waals surface area contributed by atoms with Gasteiger partial charge in [0.2, 0.25) is 5.91 Å². The molecule has 1 aliphatic rings. The van der Waals surface area contributed by atoms with Crippen LogP contribution in [-0.4, -0.2) is 34.9 Å². The second-order valence-electron chi connectivity index (χ2n) is 8.89. The number of ether oxygens (including phenoxy) is 1. The molecule has 1 fully saturated rings. The Hall–Kier alpha value is -3.86. The Balaban J connectivity index is 1.39. The number of Topliss-reactive ketones (excluding diaryl/α,β-unsaturated/α-hetero) is 1. The van der Waals surface area contributed by atoms with E-state index < -0.39 is 23.0 Å². The number of rotatable bonds is 8. The Morgan fingerprint density at radius 2 is 1.78 bits per heavy atom. The van der Waals surface area contributed by atoms with E-state index in [1.807, 2.05) is 0 Å². The molecule has 3 aromatic rings. The average molecular weight is 516 g/mol. The molecule has 1 atom stereocenters. The van der Waals surface area contributed by atoms with Gasteiger partial charge < -0.3 is 15.4 Å². The van der Waals surface area contributed by atoms with Crippen LogP contribution in [0.3, 0.4) is 0 Å². The normalized spacial score (nSPS) is 17.4.